The number of methoxy groups -OCH3 is 3. The van der Waals surface area contributed by atoms with Gasteiger partial charge in [0.25, 0.3) is 5.91 Å². The van der Waals surface area contributed by atoms with Crippen molar-refractivity contribution in [3.63, 3.8) is 0 Å². The predicted octanol–water partition coefficient (Wildman–Crippen LogP) is 5.49. The standard InChI is InChI=1S/C26H23ClN2O5/c1-31-22-8-10-23(32-2)19(13-22)16-34-24-9-7-17(12-25(24)33-3)11-18(15-28)26(30)29-21-6-4-5-20(27)14-21/h4-14H,16H2,1-3H3,(H,29,30)/b18-11+. The third-order valence-corrected chi connectivity index (χ3v) is 5.05. The lowest BCUT2D eigenvalue weighted by Crippen LogP contribution is -2.13. The molecule has 3 rings (SSSR count). The monoisotopic (exact) mass is 478 g/mol. The first-order valence-corrected chi connectivity index (χ1v) is 10.6. The van der Waals surface area contributed by atoms with E-state index in [1.54, 1.807) is 68.8 Å². The summed E-state index contributed by atoms with van der Waals surface area (Å²) in [5.74, 6) is 1.75. The molecule has 3 aromatic rings. The third kappa shape index (κ3) is 6.21. The number of nitriles is 1. The molecule has 0 saturated heterocycles. The van der Waals surface area contributed by atoms with E-state index in [9.17, 15) is 10.1 Å². The molecule has 7 nitrogen and oxygen atoms in total. The molecule has 8 heteroatoms. The van der Waals surface area contributed by atoms with Gasteiger partial charge in [-0.15, -0.1) is 0 Å². The zero-order valence-corrected chi connectivity index (χ0v) is 19.7. The van der Waals surface area contributed by atoms with Gasteiger partial charge in [0.2, 0.25) is 0 Å². The van der Waals surface area contributed by atoms with Gasteiger partial charge in [-0.2, -0.15) is 5.26 Å². The van der Waals surface area contributed by atoms with Crippen LogP contribution < -0.4 is 24.3 Å². The number of rotatable bonds is 9. The van der Waals surface area contributed by atoms with Crippen LogP contribution in [0.1, 0.15) is 11.1 Å². The van der Waals surface area contributed by atoms with Crippen molar-refractivity contribution >= 4 is 29.3 Å². The Balaban J connectivity index is 1.78. The zero-order valence-electron chi connectivity index (χ0n) is 18.9. The van der Waals surface area contributed by atoms with E-state index in [-0.39, 0.29) is 12.2 Å². The lowest BCUT2D eigenvalue weighted by atomic mass is 10.1. The maximum absolute atomic E-state index is 12.5. The van der Waals surface area contributed by atoms with E-state index in [1.807, 2.05) is 12.1 Å². The Labute approximate surface area is 203 Å². The molecule has 0 radical (unpaired) electrons. The summed E-state index contributed by atoms with van der Waals surface area (Å²) in [6, 6.07) is 19.2. The summed E-state index contributed by atoms with van der Waals surface area (Å²) in [4.78, 5) is 12.5. The normalized spacial score (nSPS) is 10.7. The Morgan fingerprint density at radius 1 is 0.971 bits per heavy atom. The molecule has 0 aliphatic rings. The van der Waals surface area contributed by atoms with E-state index in [1.165, 1.54) is 13.2 Å². The second-order valence-electron chi connectivity index (χ2n) is 7.01. The van der Waals surface area contributed by atoms with Crippen molar-refractivity contribution in [1.29, 1.82) is 5.26 Å². The molecule has 0 fully saturated rings. The SMILES string of the molecule is COc1ccc(OC)c(COc2ccc(/C=C(\C#N)C(=O)Nc3cccc(Cl)c3)cc2OC)c1. The second-order valence-corrected chi connectivity index (χ2v) is 7.45. The Kier molecular flexibility index (Phi) is 8.38. The molecule has 0 bridgehead atoms. The Morgan fingerprint density at radius 2 is 1.74 bits per heavy atom. The number of amides is 1. The Morgan fingerprint density at radius 3 is 2.41 bits per heavy atom. The number of hydrogen-bond acceptors (Lipinski definition) is 6. The van der Waals surface area contributed by atoms with Gasteiger partial charge < -0.3 is 24.3 Å². The average molecular weight is 479 g/mol. The van der Waals surface area contributed by atoms with Crippen LogP contribution in [0.3, 0.4) is 0 Å². The number of hydrogen-bond donors (Lipinski definition) is 1. The highest BCUT2D eigenvalue weighted by Gasteiger charge is 2.13. The van der Waals surface area contributed by atoms with Crippen molar-refractivity contribution in [1.82, 2.24) is 0 Å². The lowest BCUT2D eigenvalue weighted by molar-refractivity contribution is -0.112. The third-order valence-electron chi connectivity index (χ3n) is 4.82. The summed E-state index contributed by atoms with van der Waals surface area (Å²) in [6.45, 7) is 0.220. The average Bonchev–Trinajstić information content (AvgIpc) is 2.85. The molecule has 0 aliphatic heterocycles. The van der Waals surface area contributed by atoms with Gasteiger partial charge in [-0.05, 0) is 60.2 Å². The van der Waals surface area contributed by atoms with E-state index < -0.39 is 5.91 Å². The molecule has 1 amide bonds. The Hall–Kier alpha value is -4.15. The number of nitrogens with zero attached hydrogens (tertiary/aromatic N) is 1. The van der Waals surface area contributed by atoms with Gasteiger partial charge in [0, 0.05) is 16.3 Å². The van der Waals surface area contributed by atoms with Gasteiger partial charge >= 0.3 is 0 Å². The number of halogens is 1. The first kappa shape index (κ1) is 24.5. The molecule has 0 atom stereocenters. The number of benzene rings is 3. The summed E-state index contributed by atoms with van der Waals surface area (Å²) in [6.07, 6.45) is 1.47. The maximum atomic E-state index is 12.5. The fourth-order valence-electron chi connectivity index (χ4n) is 3.12. The van der Waals surface area contributed by atoms with Crippen molar-refractivity contribution in [3.05, 3.63) is 82.4 Å². The Bertz CT molecular complexity index is 1250. The molecule has 0 heterocycles. The van der Waals surface area contributed by atoms with Crippen LogP contribution in [0.5, 0.6) is 23.0 Å². The minimum Gasteiger partial charge on any atom is -0.497 e. The highest BCUT2D eigenvalue weighted by atomic mass is 35.5. The van der Waals surface area contributed by atoms with Crippen molar-refractivity contribution in [3.8, 4) is 29.1 Å². The van der Waals surface area contributed by atoms with Crippen LogP contribution in [0.4, 0.5) is 5.69 Å². The van der Waals surface area contributed by atoms with Gasteiger partial charge in [0.05, 0.1) is 21.3 Å². The fraction of sp³-hybridized carbons (Fsp3) is 0.154. The maximum Gasteiger partial charge on any atom is 0.266 e. The summed E-state index contributed by atoms with van der Waals surface area (Å²) in [5, 5.41) is 12.6. The highest BCUT2D eigenvalue weighted by Crippen LogP contribution is 2.31. The summed E-state index contributed by atoms with van der Waals surface area (Å²) < 4.78 is 22.0. The number of carbonyl (C=O) groups excluding carboxylic acids is 1. The summed E-state index contributed by atoms with van der Waals surface area (Å²) in [5.41, 5.74) is 1.82. The van der Waals surface area contributed by atoms with Gasteiger partial charge in [0.15, 0.2) is 11.5 Å². The van der Waals surface area contributed by atoms with Crippen LogP contribution in [0.15, 0.2) is 66.2 Å². The van der Waals surface area contributed by atoms with Crippen LogP contribution in [0.2, 0.25) is 5.02 Å². The smallest absolute Gasteiger partial charge is 0.266 e. The predicted molar refractivity (Wildman–Crippen MR) is 131 cm³/mol. The molecule has 1 N–H and O–H groups in total. The van der Waals surface area contributed by atoms with Gasteiger partial charge in [-0.3, -0.25) is 4.79 Å². The van der Waals surface area contributed by atoms with Crippen molar-refractivity contribution in [2.24, 2.45) is 0 Å². The summed E-state index contributed by atoms with van der Waals surface area (Å²) in [7, 11) is 4.69. The number of anilines is 1. The van der Waals surface area contributed by atoms with Crippen LogP contribution >= 0.6 is 11.6 Å². The quantitative estimate of drug-likeness (QED) is 0.323. The van der Waals surface area contributed by atoms with E-state index in [2.05, 4.69) is 5.32 Å². The van der Waals surface area contributed by atoms with Crippen molar-refractivity contribution in [2.45, 2.75) is 6.61 Å². The molecule has 174 valence electrons. The fourth-order valence-corrected chi connectivity index (χ4v) is 3.31. The molecule has 0 aromatic heterocycles. The largest absolute Gasteiger partial charge is 0.497 e. The first-order valence-electron chi connectivity index (χ1n) is 10.2. The van der Waals surface area contributed by atoms with E-state index in [0.717, 1.165) is 5.56 Å². The second kappa shape index (κ2) is 11.6. The minimum absolute atomic E-state index is 0.0724. The molecular weight excluding hydrogens is 456 g/mol. The van der Waals surface area contributed by atoms with Gasteiger partial charge in [-0.1, -0.05) is 23.7 Å². The van der Waals surface area contributed by atoms with E-state index in [0.29, 0.717) is 39.3 Å². The molecular formula is C26H23ClN2O5. The van der Waals surface area contributed by atoms with Crippen LogP contribution in [0.25, 0.3) is 6.08 Å². The molecule has 0 saturated carbocycles. The topological polar surface area (TPSA) is 89.8 Å². The van der Waals surface area contributed by atoms with E-state index in [4.69, 9.17) is 30.5 Å². The van der Waals surface area contributed by atoms with Crippen molar-refractivity contribution < 1.29 is 23.7 Å². The van der Waals surface area contributed by atoms with Crippen LogP contribution in [0, 0.1) is 11.3 Å². The van der Waals surface area contributed by atoms with Gasteiger partial charge in [-0.25, -0.2) is 0 Å². The number of ether oxygens (including phenoxy) is 4. The van der Waals surface area contributed by atoms with Gasteiger partial charge in [0.1, 0.15) is 29.7 Å². The minimum atomic E-state index is -0.547. The molecule has 0 unspecified atom stereocenters. The molecule has 0 aliphatic carbocycles. The number of carbonyl (C=O) groups is 1. The molecule has 3 aromatic carbocycles. The summed E-state index contributed by atoms with van der Waals surface area (Å²) >= 11 is 5.95. The number of nitrogens with one attached hydrogen (secondary N) is 1. The molecule has 0 spiro atoms. The first-order chi connectivity index (χ1) is 16.5. The zero-order chi connectivity index (χ0) is 24.5. The van der Waals surface area contributed by atoms with Crippen LogP contribution in [-0.4, -0.2) is 27.2 Å². The van der Waals surface area contributed by atoms with Crippen molar-refractivity contribution in [2.75, 3.05) is 26.6 Å². The van der Waals surface area contributed by atoms with Crippen LogP contribution in [-0.2, 0) is 11.4 Å². The molecule has 34 heavy (non-hydrogen) atoms. The van der Waals surface area contributed by atoms with E-state index >= 15 is 0 Å². The lowest BCUT2D eigenvalue weighted by Gasteiger charge is -2.14. The highest BCUT2D eigenvalue weighted by molar-refractivity contribution is 6.31.